The van der Waals surface area contributed by atoms with Crippen molar-refractivity contribution in [1.82, 2.24) is 4.57 Å². The molecule has 0 spiro atoms. The third-order valence-corrected chi connectivity index (χ3v) is 6.21. The summed E-state index contributed by atoms with van der Waals surface area (Å²) in [6.45, 7) is 4.06. The van der Waals surface area contributed by atoms with Gasteiger partial charge < -0.3 is 9.30 Å². The monoisotopic (exact) mass is 414 g/mol. The van der Waals surface area contributed by atoms with Crippen LogP contribution in [0.15, 0.2) is 52.4 Å². The molecule has 5 nitrogen and oxygen atoms in total. The fourth-order valence-electron chi connectivity index (χ4n) is 2.95. The van der Waals surface area contributed by atoms with Gasteiger partial charge >= 0.3 is 5.97 Å². The van der Waals surface area contributed by atoms with Gasteiger partial charge in [0.1, 0.15) is 6.54 Å². The molecule has 1 heterocycles. The van der Waals surface area contributed by atoms with Crippen LogP contribution >= 0.6 is 23.1 Å². The predicted octanol–water partition coefficient (Wildman–Crippen LogP) is 4.10. The fraction of sp³-hybridized carbons (Fsp3) is 0.286. The zero-order valence-electron chi connectivity index (χ0n) is 16.1. The normalized spacial score (nSPS) is 11.8. The Morgan fingerprint density at radius 1 is 1.18 bits per heavy atom. The Morgan fingerprint density at radius 2 is 1.93 bits per heavy atom. The highest BCUT2D eigenvalue weighted by molar-refractivity contribution is 7.99. The highest BCUT2D eigenvalue weighted by atomic mass is 32.2. The van der Waals surface area contributed by atoms with Crippen LogP contribution in [0.25, 0.3) is 10.2 Å². The van der Waals surface area contributed by atoms with Crippen LogP contribution in [0.1, 0.15) is 17.5 Å². The second kappa shape index (κ2) is 9.21. The molecule has 0 atom stereocenters. The van der Waals surface area contributed by atoms with Crippen molar-refractivity contribution in [1.29, 1.82) is 0 Å². The van der Waals surface area contributed by atoms with Crippen molar-refractivity contribution in [3.8, 4) is 0 Å². The van der Waals surface area contributed by atoms with Gasteiger partial charge in [-0.2, -0.15) is 4.99 Å². The minimum atomic E-state index is -0.367. The molecule has 2 aromatic carbocycles. The van der Waals surface area contributed by atoms with E-state index in [2.05, 4.69) is 17.1 Å². The molecular formula is C21H22N2O3S2. The smallest absolute Gasteiger partial charge is 0.325 e. The second-order valence-electron chi connectivity index (χ2n) is 6.39. The van der Waals surface area contributed by atoms with E-state index < -0.39 is 0 Å². The molecule has 0 saturated carbocycles. The van der Waals surface area contributed by atoms with Crippen LogP contribution in [-0.4, -0.2) is 29.3 Å². The molecule has 1 aromatic heterocycles. The summed E-state index contributed by atoms with van der Waals surface area (Å²) in [6.07, 6.45) is 0.337. The number of hydrogen-bond donors (Lipinski definition) is 0. The number of thiazole rings is 1. The largest absolute Gasteiger partial charge is 0.468 e. The third-order valence-electron chi connectivity index (χ3n) is 4.18. The summed E-state index contributed by atoms with van der Waals surface area (Å²) in [5.74, 6) is 0.100. The van der Waals surface area contributed by atoms with Crippen molar-refractivity contribution in [3.63, 3.8) is 0 Å². The highest BCUT2D eigenvalue weighted by Crippen LogP contribution is 2.23. The first-order chi connectivity index (χ1) is 13.5. The van der Waals surface area contributed by atoms with Gasteiger partial charge in [0.2, 0.25) is 5.91 Å². The van der Waals surface area contributed by atoms with Gasteiger partial charge in [-0.1, -0.05) is 35.6 Å². The Kier molecular flexibility index (Phi) is 6.70. The molecule has 0 N–H and O–H groups in total. The topological polar surface area (TPSA) is 60.7 Å². The number of rotatable bonds is 6. The lowest BCUT2D eigenvalue weighted by molar-refractivity contribution is -0.141. The Balaban J connectivity index is 1.87. The molecule has 28 heavy (non-hydrogen) atoms. The van der Waals surface area contributed by atoms with Crippen molar-refractivity contribution >= 4 is 45.2 Å². The van der Waals surface area contributed by atoms with Crippen molar-refractivity contribution in [2.45, 2.75) is 31.7 Å². The summed E-state index contributed by atoms with van der Waals surface area (Å²) in [4.78, 5) is 30.3. The molecule has 3 aromatic rings. The molecule has 0 aliphatic rings. The van der Waals surface area contributed by atoms with E-state index in [4.69, 9.17) is 4.74 Å². The van der Waals surface area contributed by atoms with Crippen LogP contribution in [0, 0.1) is 13.8 Å². The van der Waals surface area contributed by atoms with E-state index in [1.54, 1.807) is 16.3 Å². The van der Waals surface area contributed by atoms with Crippen molar-refractivity contribution < 1.29 is 14.3 Å². The van der Waals surface area contributed by atoms with Gasteiger partial charge in [0.05, 0.1) is 17.3 Å². The SMILES string of the molecule is COC(=O)Cn1c(=NC(=O)CCSc2ccccc2)sc2cc(C)cc(C)c21. The fourth-order valence-corrected chi connectivity index (χ4v) is 5.04. The number of nitrogens with zero attached hydrogens (tertiary/aromatic N) is 2. The molecule has 0 aliphatic heterocycles. The van der Waals surface area contributed by atoms with Crippen LogP contribution in [0.3, 0.4) is 0 Å². The van der Waals surface area contributed by atoms with Gasteiger partial charge in [0, 0.05) is 17.1 Å². The maximum Gasteiger partial charge on any atom is 0.325 e. The zero-order chi connectivity index (χ0) is 20.1. The van der Waals surface area contributed by atoms with Crippen molar-refractivity contribution in [2.75, 3.05) is 12.9 Å². The maximum atomic E-state index is 12.4. The van der Waals surface area contributed by atoms with Gasteiger partial charge in [-0.25, -0.2) is 0 Å². The number of aryl methyl sites for hydroxylation is 2. The van der Waals surface area contributed by atoms with Crippen LogP contribution in [0.5, 0.6) is 0 Å². The molecule has 3 rings (SSSR count). The summed E-state index contributed by atoms with van der Waals surface area (Å²) in [5.41, 5.74) is 3.10. The Labute approximate surface area is 172 Å². The molecule has 146 valence electrons. The van der Waals surface area contributed by atoms with E-state index in [1.165, 1.54) is 18.4 Å². The van der Waals surface area contributed by atoms with Crippen molar-refractivity contribution in [3.05, 3.63) is 58.4 Å². The highest BCUT2D eigenvalue weighted by Gasteiger charge is 2.14. The summed E-state index contributed by atoms with van der Waals surface area (Å²) in [6, 6.07) is 14.1. The molecule has 7 heteroatoms. The Hall–Kier alpha value is -2.38. The van der Waals surface area contributed by atoms with Gasteiger partial charge in [0.25, 0.3) is 0 Å². The summed E-state index contributed by atoms with van der Waals surface area (Å²) in [5, 5.41) is 0. The second-order valence-corrected chi connectivity index (χ2v) is 8.57. The lowest BCUT2D eigenvalue weighted by atomic mass is 10.1. The molecule has 0 fully saturated rings. The van der Waals surface area contributed by atoms with E-state index in [9.17, 15) is 9.59 Å². The number of benzene rings is 2. The Bertz CT molecular complexity index is 1070. The Morgan fingerprint density at radius 3 is 2.64 bits per heavy atom. The number of thioether (sulfide) groups is 1. The third kappa shape index (κ3) is 4.91. The average Bonchev–Trinajstić information content (AvgIpc) is 2.99. The first-order valence-electron chi connectivity index (χ1n) is 8.90. The van der Waals surface area contributed by atoms with E-state index in [0.29, 0.717) is 17.0 Å². The first kappa shape index (κ1) is 20.4. The number of hydrogen-bond acceptors (Lipinski definition) is 5. The lowest BCUT2D eigenvalue weighted by Gasteiger charge is -2.06. The van der Waals surface area contributed by atoms with E-state index in [1.807, 2.05) is 44.2 Å². The van der Waals surface area contributed by atoms with Crippen LogP contribution in [0.2, 0.25) is 0 Å². The van der Waals surface area contributed by atoms with E-state index >= 15 is 0 Å². The quantitative estimate of drug-likeness (QED) is 0.450. The maximum absolute atomic E-state index is 12.4. The van der Waals surface area contributed by atoms with Crippen LogP contribution in [0.4, 0.5) is 0 Å². The molecule has 0 bridgehead atoms. The number of aromatic nitrogens is 1. The van der Waals surface area contributed by atoms with Crippen LogP contribution in [-0.2, 0) is 20.9 Å². The first-order valence-corrected chi connectivity index (χ1v) is 10.7. The standard InChI is InChI=1S/C21H22N2O3S2/c1-14-11-15(2)20-17(12-14)28-21(23(20)13-19(25)26-3)22-18(24)9-10-27-16-7-5-4-6-8-16/h4-8,11-12H,9-10,13H2,1-3H3. The zero-order valence-corrected chi connectivity index (χ0v) is 17.7. The molecule has 1 amide bonds. The average molecular weight is 415 g/mol. The molecule has 0 radical (unpaired) electrons. The summed E-state index contributed by atoms with van der Waals surface area (Å²) < 4.78 is 7.61. The van der Waals surface area contributed by atoms with Gasteiger partial charge in [-0.15, -0.1) is 11.8 Å². The summed E-state index contributed by atoms with van der Waals surface area (Å²) >= 11 is 3.05. The van der Waals surface area contributed by atoms with E-state index in [0.717, 1.165) is 26.2 Å². The number of amides is 1. The molecule has 0 aliphatic carbocycles. The number of carbonyl (C=O) groups excluding carboxylic acids is 2. The minimum absolute atomic E-state index is 0.0330. The molecule has 0 saturated heterocycles. The van der Waals surface area contributed by atoms with Crippen LogP contribution < -0.4 is 4.80 Å². The number of ether oxygens (including phenoxy) is 1. The summed E-state index contributed by atoms with van der Waals surface area (Å²) in [7, 11) is 1.36. The molecule has 0 unspecified atom stereocenters. The number of esters is 1. The number of fused-ring (bicyclic) bond motifs is 1. The van der Waals surface area contributed by atoms with Gasteiger partial charge in [-0.05, 0) is 43.2 Å². The van der Waals surface area contributed by atoms with Crippen molar-refractivity contribution in [2.24, 2.45) is 4.99 Å². The van der Waals surface area contributed by atoms with Gasteiger partial charge in [0.15, 0.2) is 4.80 Å². The predicted molar refractivity (Wildman–Crippen MR) is 114 cm³/mol. The number of carbonyl (C=O) groups is 2. The van der Waals surface area contributed by atoms with E-state index in [-0.39, 0.29) is 18.4 Å². The number of methoxy groups -OCH3 is 1. The minimum Gasteiger partial charge on any atom is -0.468 e. The molecular weight excluding hydrogens is 392 g/mol. The lowest BCUT2D eigenvalue weighted by Crippen LogP contribution is -2.22. The van der Waals surface area contributed by atoms with Gasteiger partial charge in [-0.3, -0.25) is 9.59 Å².